The Morgan fingerprint density at radius 3 is 2.89 bits per heavy atom. The van der Waals surface area contributed by atoms with Crippen molar-refractivity contribution in [2.75, 3.05) is 17.2 Å². The molecule has 0 amide bonds. The highest BCUT2D eigenvalue weighted by Gasteiger charge is 2.28. The van der Waals surface area contributed by atoms with Gasteiger partial charge in [-0.3, -0.25) is 0 Å². The Morgan fingerprint density at radius 2 is 2.21 bits per heavy atom. The molecule has 1 saturated carbocycles. The predicted molar refractivity (Wildman–Crippen MR) is 80.6 cm³/mol. The number of hydrogen-bond acceptors (Lipinski definition) is 4. The van der Waals surface area contributed by atoms with Gasteiger partial charge in [-0.25, -0.2) is 4.98 Å². The van der Waals surface area contributed by atoms with Crippen molar-refractivity contribution in [3.05, 3.63) is 11.8 Å². The van der Waals surface area contributed by atoms with Gasteiger partial charge in [-0.2, -0.15) is 4.98 Å². The maximum atomic E-state index is 4.57. The number of nitrogens with zero attached hydrogens (tertiary/aromatic N) is 2. The van der Waals surface area contributed by atoms with Gasteiger partial charge in [0.2, 0.25) is 5.95 Å². The lowest BCUT2D eigenvalue weighted by Crippen LogP contribution is -2.32. The number of aromatic nitrogens is 2. The maximum absolute atomic E-state index is 4.57. The highest BCUT2D eigenvalue weighted by Crippen LogP contribution is 2.36. The zero-order valence-electron chi connectivity index (χ0n) is 12.6. The Hall–Kier alpha value is -1.32. The molecule has 1 fully saturated rings. The smallest absolute Gasteiger partial charge is 0.224 e. The fourth-order valence-electron chi connectivity index (χ4n) is 2.85. The molecular weight excluding hydrogens is 236 g/mol. The average Bonchev–Trinajstić information content (AvgIpc) is 2.32. The molecule has 1 aliphatic carbocycles. The molecule has 1 unspecified atom stereocenters. The van der Waals surface area contributed by atoms with Crippen LogP contribution in [-0.2, 0) is 0 Å². The van der Waals surface area contributed by atoms with Crippen molar-refractivity contribution in [1.29, 1.82) is 0 Å². The van der Waals surface area contributed by atoms with E-state index in [0.29, 0.717) is 17.4 Å². The first kappa shape index (κ1) is 14.1. The van der Waals surface area contributed by atoms with Crippen molar-refractivity contribution < 1.29 is 0 Å². The molecule has 0 bridgehead atoms. The van der Waals surface area contributed by atoms with Crippen LogP contribution in [0.4, 0.5) is 11.8 Å². The van der Waals surface area contributed by atoms with Crippen LogP contribution in [0.1, 0.15) is 52.0 Å². The Bertz CT molecular complexity index is 428. The molecule has 19 heavy (non-hydrogen) atoms. The molecule has 0 aromatic carbocycles. The van der Waals surface area contributed by atoms with E-state index in [4.69, 9.17) is 0 Å². The van der Waals surface area contributed by atoms with Crippen LogP contribution in [0.2, 0.25) is 0 Å². The van der Waals surface area contributed by atoms with Gasteiger partial charge < -0.3 is 10.6 Å². The lowest BCUT2D eigenvalue weighted by Gasteiger charge is -2.36. The van der Waals surface area contributed by atoms with Gasteiger partial charge in [-0.15, -0.1) is 0 Å². The molecule has 0 radical (unpaired) electrons. The molecule has 1 aliphatic rings. The van der Waals surface area contributed by atoms with E-state index in [9.17, 15) is 0 Å². The van der Waals surface area contributed by atoms with Gasteiger partial charge in [-0.1, -0.05) is 20.3 Å². The molecule has 1 atom stereocenters. The highest BCUT2D eigenvalue weighted by atomic mass is 15.1. The molecule has 1 heterocycles. The Morgan fingerprint density at radius 1 is 1.42 bits per heavy atom. The van der Waals surface area contributed by atoms with Gasteiger partial charge >= 0.3 is 0 Å². The lowest BCUT2D eigenvalue weighted by atomic mass is 9.75. The molecule has 2 rings (SSSR count). The number of anilines is 2. The van der Waals surface area contributed by atoms with Crippen LogP contribution in [0.25, 0.3) is 0 Å². The summed E-state index contributed by atoms with van der Waals surface area (Å²) in [5, 5.41) is 6.78. The monoisotopic (exact) mass is 262 g/mol. The third kappa shape index (κ3) is 3.82. The van der Waals surface area contributed by atoms with Gasteiger partial charge in [0.1, 0.15) is 5.82 Å². The van der Waals surface area contributed by atoms with Crippen LogP contribution in [0, 0.1) is 12.3 Å². The first-order chi connectivity index (χ1) is 9.00. The van der Waals surface area contributed by atoms with Gasteiger partial charge in [0.15, 0.2) is 0 Å². The number of aryl methyl sites for hydroxylation is 1. The van der Waals surface area contributed by atoms with Crippen molar-refractivity contribution >= 4 is 11.8 Å². The molecule has 4 nitrogen and oxygen atoms in total. The number of hydrogen-bond donors (Lipinski definition) is 2. The van der Waals surface area contributed by atoms with E-state index >= 15 is 0 Å². The number of nitrogens with one attached hydrogen (secondary N) is 2. The summed E-state index contributed by atoms with van der Waals surface area (Å²) in [6.45, 7) is 9.68. The Labute approximate surface area is 116 Å². The van der Waals surface area contributed by atoms with Crippen LogP contribution >= 0.6 is 0 Å². The van der Waals surface area contributed by atoms with Crippen molar-refractivity contribution in [3.8, 4) is 0 Å². The predicted octanol–water partition coefficient (Wildman–Crippen LogP) is 3.60. The summed E-state index contributed by atoms with van der Waals surface area (Å²) in [7, 11) is 0. The van der Waals surface area contributed by atoms with Gasteiger partial charge in [0.25, 0.3) is 0 Å². The highest BCUT2D eigenvalue weighted by molar-refractivity contribution is 5.47. The zero-order valence-corrected chi connectivity index (χ0v) is 12.6. The molecule has 1 aromatic heterocycles. The van der Waals surface area contributed by atoms with E-state index in [1.165, 1.54) is 25.7 Å². The molecular formula is C15H26N4. The maximum Gasteiger partial charge on any atom is 0.224 e. The van der Waals surface area contributed by atoms with E-state index in [1.807, 2.05) is 6.20 Å². The first-order valence-corrected chi connectivity index (χ1v) is 7.34. The minimum Gasteiger partial charge on any atom is -0.367 e. The summed E-state index contributed by atoms with van der Waals surface area (Å²) in [4.78, 5) is 8.86. The fraction of sp³-hybridized carbons (Fsp3) is 0.733. The topological polar surface area (TPSA) is 49.8 Å². The summed E-state index contributed by atoms with van der Waals surface area (Å²) < 4.78 is 0. The van der Waals surface area contributed by atoms with E-state index in [0.717, 1.165) is 17.9 Å². The normalized spacial score (nSPS) is 22.0. The van der Waals surface area contributed by atoms with Crippen LogP contribution in [-0.4, -0.2) is 22.6 Å². The summed E-state index contributed by atoms with van der Waals surface area (Å²) in [6, 6.07) is 0.534. The van der Waals surface area contributed by atoms with E-state index in [1.54, 1.807) is 0 Å². The second-order valence-corrected chi connectivity index (χ2v) is 6.36. The molecule has 0 spiro atoms. The average molecular weight is 262 g/mol. The summed E-state index contributed by atoms with van der Waals surface area (Å²) in [5.41, 5.74) is 1.56. The van der Waals surface area contributed by atoms with Crippen molar-refractivity contribution in [2.24, 2.45) is 5.41 Å². The third-order valence-electron chi connectivity index (χ3n) is 3.85. The molecule has 1 aromatic rings. The lowest BCUT2D eigenvalue weighted by molar-refractivity contribution is 0.229. The van der Waals surface area contributed by atoms with Crippen LogP contribution in [0.5, 0.6) is 0 Å². The van der Waals surface area contributed by atoms with Crippen LogP contribution < -0.4 is 10.6 Å². The van der Waals surface area contributed by atoms with E-state index in [-0.39, 0.29) is 0 Å². The second kappa shape index (κ2) is 5.76. The molecule has 106 valence electrons. The molecule has 0 saturated heterocycles. The van der Waals surface area contributed by atoms with Gasteiger partial charge in [0.05, 0.1) is 0 Å². The zero-order chi connectivity index (χ0) is 13.9. The minimum atomic E-state index is 0.446. The van der Waals surface area contributed by atoms with E-state index < -0.39 is 0 Å². The molecule has 0 aliphatic heterocycles. The third-order valence-corrected chi connectivity index (χ3v) is 3.85. The van der Waals surface area contributed by atoms with Crippen molar-refractivity contribution in [2.45, 2.75) is 59.4 Å². The van der Waals surface area contributed by atoms with Crippen LogP contribution in [0.15, 0.2) is 6.20 Å². The van der Waals surface area contributed by atoms with Gasteiger partial charge in [0, 0.05) is 24.3 Å². The second-order valence-electron chi connectivity index (χ2n) is 6.36. The number of rotatable bonds is 4. The summed E-state index contributed by atoms with van der Waals surface area (Å²) >= 11 is 0. The largest absolute Gasteiger partial charge is 0.367 e. The van der Waals surface area contributed by atoms with Gasteiger partial charge in [-0.05, 0) is 38.5 Å². The van der Waals surface area contributed by atoms with Crippen LogP contribution in [0.3, 0.4) is 0 Å². The Balaban J connectivity index is 2.07. The molecule has 4 heteroatoms. The summed E-state index contributed by atoms with van der Waals surface area (Å²) in [5.74, 6) is 1.69. The first-order valence-electron chi connectivity index (χ1n) is 7.34. The van der Waals surface area contributed by atoms with Crippen molar-refractivity contribution in [1.82, 2.24) is 9.97 Å². The standard InChI is InChI=1S/C15H26N4/c1-5-16-14-17-10-11(2)13(19-14)18-12-7-6-8-15(3,4)9-12/h10,12H,5-9H2,1-4H3,(H2,16,17,18,19). The SMILES string of the molecule is CCNc1ncc(C)c(NC2CCCC(C)(C)C2)n1. The molecule has 2 N–H and O–H groups in total. The van der Waals surface area contributed by atoms with Crippen molar-refractivity contribution in [3.63, 3.8) is 0 Å². The Kier molecular flexibility index (Phi) is 4.27. The summed E-state index contributed by atoms with van der Waals surface area (Å²) in [6.07, 6.45) is 6.98. The fourth-order valence-corrected chi connectivity index (χ4v) is 2.85. The quantitative estimate of drug-likeness (QED) is 0.870. The minimum absolute atomic E-state index is 0.446. The van der Waals surface area contributed by atoms with E-state index in [2.05, 4.69) is 48.3 Å².